The predicted octanol–water partition coefficient (Wildman–Crippen LogP) is 3.70. The molecule has 0 spiro atoms. The normalized spacial score (nSPS) is 10.5. The van der Waals surface area contributed by atoms with E-state index in [1.54, 1.807) is 25.3 Å². The van der Waals surface area contributed by atoms with Crippen LogP contribution in [0.2, 0.25) is 0 Å². The molecule has 2 N–H and O–H groups in total. The molecule has 0 atom stereocenters. The third-order valence-electron chi connectivity index (χ3n) is 2.60. The van der Waals surface area contributed by atoms with E-state index in [2.05, 4.69) is 36.5 Å². The summed E-state index contributed by atoms with van der Waals surface area (Å²) in [6.45, 7) is 2.99. The summed E-state index contributed by atoms with van der Waals surface area (Å²) in [7, 11) is 1.57. The molecule has 2 aromatic rings. The number of nitrogens with zero attached hydrogens (tertiary/aromatic N) is 2. The molecule has 1 aromatic carbocycles. The number of anilines is 3. The van der Waals surface area contributed by atoms with E-state index in [-0.39, 0.29) is 12.4 Å². The average molecular weight is 355 g/mol. The zero-order valence-electron chi connectivity index (χ0n) is 11.8. The number of nitrogens with one attached hydrogen (secondary N) is 2. The molecule has 21 heavy (non-hydrogen) atoms. The van der Waals surface area contributed by atoms with E-state index in [4.69, 9.17) is 4.74 Å². The van der Waals surface area contributed by atoms with Crippen LogP contribution in [0.5, 0.6) is 0 Å². The highest BCUT2D eigenvalue weighted by molar-refractivity contribution is 9.10. The van der Waals surface area contributed by atoms with Crippen molar-refractivity contribution in [1.29, 1.82) is 0 Å². The highest BCUT2D eigenvalue weighted by Crippen LogP contribution is 2.23. The second-order valence-electron chi connectivity index (χ2n) is 4.27. The Hall–Kier alpha value is -1.73. The van der Waals surface area contributed by atoms with Gasteiger partial charge in [0.05, 0.1) is 5.69 Å². The Morgan fingerprint density at radius 1 is 1.24 bits per heavy atom. The van der Waals surface area contributed by atoms with Crippen LogP contribution in [-0.4, -0.2) is 23.6 Å². The van der Waals surface area contributed by atoms with Gasteiger partial charge in [-0.3, -0.25) is 0 Å². The van der Waals surface area contributed by atoms with Crippen molar-refractivity contribution < 1.29 is 9.13 Å². The molecule has 7 heteroatoms. The summed E-state index contributed by atoms with van der Waals surface area (Å²) in [5, 5.41) is 6.06. The molecule has 0 radical (unpaired) electrons. The molecular formula is C14H16BrFN4O. The highest BCUT2D eigenvalue weighted by atomic mass is 79.9. The molecule has 0 saturated carbocycles. The molecule has 0 saturated heterocycles. The van der Waals surface area contributed by atoms with Crippen LogP contribution >= 0.6 is 15.9 Å². The average Bonchev–Trinajstić information content (AvgIpc) is 2.42. The molecule has 1 heterocycles. The van der Waals surface area contributed by atoms with Crippen molar-refractivity contribution in [2.45, 2.75) is 13.5 Å². The number of ether oxygens (including phenoxy) is 1. The summed E-state index contributed by atoms with van der Waals surface area (Å²) in [5.74, 6) is 1.34. The van der Waals surface area contributed by atoms with Gasteiger partial charge in [0.15, 0.2) is 5.82 Å². The van der Waals surface area contributed by atoms with Crippen LogP contribution in [0.4, 0.5) is 21.7 Å². The first-order chi connectivity index (χ1) is 10.1. The zero-order chi connectivity index (χ0) is 15.2. The summed E-state index contributed by atoms with van der Waals surface area (Å²) in [4.78, 5) is 8.60. The SMILES string of the molecule is CCNc1cc(Nc2ccc(Br)cc2F)nc(COC)n1. The number of methoxy groups -OCH3 is 1. The molecule has 0 aliphatic carbocycles. The Kier molecular flexibility index (Phi) is 5.46. The lowest BCUT2D eigenvalue weighted by Gasteiger charge is -2.11. The van der Waals surface area contributed by atoms with Crippen LogP contribution in [0.1, 0.15) is 12.7 Å². The lowest BCUT2D eigenvalue weighted by atomic mass is 10.3. The van der Waals surface area contributed by atoms with Crippen molar-refractivity contribution in [3.63, 3.8) is 0 Å². The van der Waals surface area contributed by atoms with Gasteiger partial charge in [-0.25, -0.2) is 14.4 Å². The lowest BCUT2D eigenvalue weighted by Crippen LogP contribution is -2.07. The van der Waals surface area contributed by atoms with Gasteiger partial charge in [-0.2, -0.15) is 0 Å². The minimum absolute atomic E-state index is 0.288. The number of halogens is 2. The number of aromatic nitrogens is 2. The molecular weight excluding hydrogens is 339 g/mol. The smallest absolute Gasteiger partial charge is 0.158 e. The van der Waals surface area contributed by atoms with E-state index >= 15 is 0 Å². The second kappa shape index (κ2) is 7.33. The fraction of sp³-hybridized carbons (Fsp3) is 0.286. The second-order valence-corrected chi connectivity index (χ2v) is 5.18. The minimum atomic E-state index is -0.360. The van der Waals surface area contributed by atoms with Crippen LogP contribution in [0, 0.1) is 5.82 Å². The molecule has 0 unspecified atom stereocenters. The van der Waals surface area contributed by atoms with Crippen molar-refractivity contribution in [3.05, 3.63) is 40.4 Å². The van der Waals surface area contributed by atoms with Gasteiger partial charge in [0, 0.05) is 24.2 Å². The van der Waals surface area contributed by atoms with Crippen molar-refractivity contribution in [3.8, 4) is 0 Å². The lowest BCUT2D eigenvalue weighted by molar-refractivity contribution is 0.178. The van der Waals surface area contributed by atoms with Crippen molar-refractivity contribution in [2.24, 2.45) is 0 Å². The van der Waals surface area contributed by atoms with Gasteiger partial charge in [0.25, 0.3) is 0 Å². The van der Waals surface area contributed by atoms with Gasteiger partial charge in [0.2, 0.25) is 0 Å². The Labute approximate surface area is 131 Å². The van der Waals surface area contributed by atoms with E-state index in [1.165, 1.54) is 6.07 Å². The summed E-state index contributed by atoms with van der Waals surface area (Å²) in [6.07, 6.45) is 0. The Balaban J connectivity index is 2.29. The molecule has 0 amide bonds. The first-order valence-corrected chi connectivity index (χ1v) is 7.24. The monoisotopic (exact) mass is 354 g/mol. The van der Waals surface area contributed by atoms with Gasteiger partial charge in [0.1, 0.15) is 24.1 Å². The van der Waals surface area contributed by atoms with Gasteiger partial charge in [-0.15, -0.1) is 0 Å². The molecule has 2 rings (SSSR count). The van der Waals surface area contributed by atoms with Crippen molar-refractivity contribution >= 4 is 33.3 Å². The number of hydrogen-bond acceptors (Lipinski definition) is 5. The third kappa shape index (κ3) is 4.37. The quantitative estimate of drug-likeness (QED) is 0.828. The first kappa shape index (κ1) is 15.7. The largest absolute Gasteiger partial charge is 0.377 e. The maximum atomic E-state index is 13.9. The molecule has 0 bridgehead atoms. The Morgan fingerprint density at radius 3 is 2.67 bits per heavy atom. The molecule has 112 valence electrons. The highest BCUT2D eigenvalue weighted by Gasteiger charge is 2.08. The standard InChI is InChI=1S/C14H16BrFN4O/c1-3-17-12-7-13(20-14(19-12)8-21-2)18-11-5-4-9(15)6-10(11)16/h4-7H,3,8H2,1-2H3,(H2,17,18,19,20). The van der Waals surface area contributed by atoms with Crippen LogP contribution in [-0.2, 0) is 11.3 Å². The van der Waals surface area contributed by atoms with Crippen LogP contribution in [0.15, 0.2) is 28.7 Å². The van der Waals surface area contributed by atoms with E-state index in [9.17, 15) is 4.39 Å². The maximum absolute atomic E-state index is 13.9. The summed E-state index contributed by atoms with van der Waals surface area (Å²) in [5.41, 5.74) is 0.350. The van der Waals surface area contributed by atoms with E-state index in [0.717, 1.165) is 6.54 Å². The molecule has 5 nitrogen and oxygen atoms in total. The number of rotatable bonds is 6. The maximum Gasteiger partial charge on any atom is 0.158 e. The Bertz CT molecular complexity index is 600. The molecule has 0 aliphatic rings. The fourth-order valence-corrected chi connectivity index (χ4v) is 2.09. The molecule has 0 fully saturated rings. The van der Waals surface area contributed by atoms with Crippen LogP contribution in [0.25, 0.3) is 0 Å². The van der Waals surface area contributed by atoms with Gasteiger partial charge < -0.3 is 15.4 Å². The summed E-state index contributed by atoms with van der Waals surface area (Å²) in [6, 6.07) is 6.52. The Morgan fingerprint density at radius 2 is 2.00 bits per heavy atom. The van der Waals surface area contributed by atoms with Crippen LogP contribution < -0.4 is 10.6 Å². The van der Waals surface area contributed by atoms with Gasteiger partial charge in [-0.1, -0.05) is 15.9 Å². The van der Waals surface area contributed by atoms with E-state index < -0.39 is 0 Å². The summed E-state index contributed by atoms with van der Waals surface area (Å²) < 4.78 is 19.6. The zero-order valence-corrected chi connectivity index (χ0v) is 13.4. The summed E-state index contributed by atoms with van der Waals surface area (Å²) >= 11 is 3.23. The van der Waals surface area contributed by atoms with E-state index in [0.29, 0.717) is 27.6 Å². The van der Waals surface area contributed by atoms with Gasteiger partial charge in [-0.05, 0) is 25.1 Å². The first-order valence-electron chi connectivity index (χ1n) is 6.45. The topological polar surface area (TPSA) is 59.1 Å². The van der Waals surface area contributed by atoms with Crippen molar-refractivity contribution in [1.82, 2.24) is 9.97 Å². The van der Waals surface area contributed by atoms with Crippen molar-refractivity contribution in [2.75, 3.05) is 24.3 Å². The minimum Gasteiger partial charge on any atom is -0.377 e. The third-order valence-corrected chi connectivity index (χ3v) is 3.09. The molecule has 0 aliphatic heterocycles. The predicted molar refractivity (Wildman–Crippen MR) is 84.3 cm³/mol. The number of hydrogen-bond donors (Lipinski definition) is 2. The van der Waals surface area contributed by atoms with Gasteiger partial charge >= 0.3 is 0 Å². The molecule has 1 aromatic heterocycles. The fourth-order valence-electron chi connectivity index (χ4n) is 1.76. The van der Waals surface area contributed by atoms with Crippen LogP contribution in [0.3, 0.4) is 0 Å². The number of benzene rings is 1. The van der Waals surface area contributed by atoms with E-state index in [1.807, 2.05) is 6.92 Å².